The first-order valence-electron chi connectivity index (χ1n) is 13.1. The number of amides is 1. The van der Waals surface area contributed by atoms with Crippen molar-refractivity contribution >= 4 is 28.2 Å². The van der Waals surface area contributed by atoms with Gasteiger partial charge in [0.15, 0.2) is 0 Å². The van der Waals surface area contributed by atoms with E-state index in [0.717, 1.165) is 62.5 Å². The van der Waals surface area contributed by atoms with Crippen molar-refractivity contribution in [1.82, 2.24) is 25.3 Å². The molecule has 196 valence electrons. The van der Waals surface area contributed by atoms with Gasteiger partial charge in [-0.15, -0.1) is 0 Å². The monoisotopic (exact) mass is 517 g/mol. The molecule has 0 spiro atoms. The van der Waals surface area contributed by atoms with Gasteiger partial charge in [-0.1, -0.05) is 32.0 Å². The number of benzene rings is 1. The molecule has 39 heavy (non-hydrogen) atoms. The van der Waals surface area contributed by atoms with Gasteiger partial charge in [0.25, 0.3) is 0 Å². The van der Waals surface area contributed by atoms with Gasteiger partial charge in [0.1, 0.15) is 0 Å². The maximum Gasteiger partial charge on any atom is 0.224 e. The molecule has 0 aliphatic rings. The van der Waals surface area contributed by atoms with Crippen LogP contribution in [0.1, 0.15) is 37.2 Å². The molecule has 1 aromatic carbocycles. The Balaban J connectivity index is 1.60. The van der Waals surface area contributed by atoms with Crippen LogP contribution in [0.3, 0.4) is 0 Å². The molecule has 8 heteroatoms. The Kier molecular flexibility index (Phi) is 7.84. The highest BCUT2D eigenvalue weighted by molar-refractivity contribution is 6.15. The Labute approximate surface area is 227 Å². The number of carbonyl (C=O) groups excluding carboxylic acids is 1. The molecule has 0 atom stereocenters. The third-order valence-electron chi connectivity index (χ3n) is 6.48. The van der Waals surface area contributed by atoms with Crippen molar-refractivity contribution in [2.75, 3.05) is 18.5 Å². The summed E-state index contributed by atoms with van der Waals surface area (Å²) in [6.07, 6.45) is 7.46. The van der Waals surface area contributed by atoms with Gasteiger partial charge >= 0.3 is 0 Å². The Morgan fingerprint density at radius 3 is 2.64 bits per heavy atom. The van der Waals surface area contributed by atoms with E-state index in [1.807, 2.05) is 56.6 Å². The first kappa shape index (κ1) is 25.9. The molecular formula is C31H31N7O. The summed E-state index contributed by atoms with van der Waals surface area (Å²) in [6, 6.07) is 18.3. The van der Waals surface area contributed by atoms with Crippen LogP contribution >= 0.6 is 0 Å². The lowest BCUT2D eigenvalue weighted by molar-refractivity contribution is -0.115. The number of H-pyrrole nitrogens is 1. The number of aryl methyl sites for hydroxylation is 1. The molecule has 5 rings (SSSR count). The first-order valence-corrected chi connectivity index (χ1v) is 13.1. The van der Waals surface area contributed by atoms with Gasteiger partial charge in [-0.3, -0.25) is 30.1 Å². The van der Waals surface area contributed by atoms with Gasteiger partial charge in [-0.25, -0.2) is 0 Å². The predicted molar refractivity (Wildman–Crippen MR) is 157 cm³/mol. The molecular weight excluding hydrogens is 486 g/mol. The van der Waals surface area contributed by atoms with Crippen molar-refractivity contribution in [3.8, 4) is 22.4 Å². The van der Waals surface area contributed by atoms with Crippen molar-refractivity contribution in [3.05, 3.63) is 96.3 Å². The standard InChI is InChI=1S/C31H31N7O/c1-4-30(39)37-23-13-21(16-33-18-23)22-14-25(20(3)35-17-22)31(36-19-32-5-2)29-15-26-24(9-8-11-28(26)38-29)27-10-6-7-12-34-27/h6-18,32,38H,4-5,19H2,1-3H3,(H,37,39). The fraction of sp³-hybridized carbons (Fsp3) is 0.194. The van der Waals surface area contributed by atoms with Crippen LogP contribution in [0, 0.1) is 6.92 Å². The smallest absolute Gasteiger partial charge is 0.224 e. The SMILES string of the molecule is CCNCN=C(c1cc2c(-c3ccccn3)cccc2[nH]1)c1cc(-c2cncc(NC(=O)CC)c2)cnc1C. The maximum atomic E-state index is 11.9. The van der Waals surface area contributed by atoms with E-state index >= 15 is 0 Å². The third kappa shape index (κ3) is 5.76. The second kappa shape index (κ2) is 11.8. The van der Waals surface area contributed by atoms with Crippen LogP contribution in [0.5, 0.6) is 0 Å². The summed E-state index contributed by atoms with van der Waals surface area (Å²) >= 11 is 0. The molecule has 0 bridgehead atoms. The van der Waals surface area contributed by atoms with Crippen molar-refractivity contribution < 1.29 is 4.79 Å². The molecule has 1 amide bonds. The minimum Gasteiger partial charge on any atom is -0.353 e. The van der Waals surface area contributed by atoms with Gasteiger partial charge < -0.3 is 10.3 Å². The number of aliphatic imine (C=N–C) groups is 1. The lowest BCUT2D eigenvalue weighted by Gasteiger charge is -2.12. The van der Waals surface area contributed by atoms with Crippen molar-refractivity contribution in [1.29, 1.82) is 0 Å². The number of anilines is 1. The van der Waals surface area contributed by atoms with Gasteiger partial charge in [0.2, 0.25) is 5.91 Å². The number of rotatable bonds is 9. The van der Waals surface area contributed by atoms with Crippen molar-refractivity contribution in [2.45, 2.75) is 27.2 Å². The van der Waals surface area contributed by atoms with Gasteiger partial charge in [0, 0.05) is 63.9 Å². The number of nitrogens with zero attached hydrogens (tertiary/aromatic N) is 4. The molecule has 0 unspecified atom stereocenters. The fourth-order valence-electron chi connectivity index (χ4n) is 4.44. The van der Waals surface area contributed by atoms with Crippen molar-refractivity contribution in [2.24, 2.45) is 4.99 Å². The topological polar surface area (TPSA) is 108 Å². The molecule has 5 aromatic rings. The van der Waals surface area contributed by atoms with E-state index in [9.17, 15) is 4.79 Å². The molecule has 0 saturated heterocycles. The highest BCUT2D eigenvalue weighted by Gasteiger charge is 2.17. The number of aromatic amines is 1. The number of nitrogens with one attached hydrogen (secondary N) is 3. The average molecular weight is 518 g/mol. The molecule has 4 heterocycles. The number of aromatic nitrogens is 4. The summed E-state index contributed by atoms with van der Waals surface area (Å²) in [5.41, 5.74) is 8.87. The van der Waals surface area contributed by atoms with Crippen LogP contribution in [0.4, 0.5) is 5.69 Å². The minimum absolute atomic E-state index is 0.0570. The molecule has 4 aromatic heterocycles. The normalized spacial score (nSPS) is 11.6. The van der Waals surface area contributed by atoms with Gasteiger partial charge in [-0.2, -0.15) is 0 Å². The largest absolute Gasteiger partial charge is 0.353 e. The van der Waals surface area contributed by atoms with Gasteiger partial charge in [-0.05, 0) is 49.9 Å². The van der Waals surface area contributed by atoms with Crippen LogP contribution in [0.25, 0.3) is 33.3 Å². The lowest BCUT2D eigenvalue weighted by Crippen LogP contribution is -2.16. The zero-order valence-corrected chi connectivity index (χ0v) is 22.3. The Morgan fingerprint density at radius 2 is 1.85 bits per heavy atom. The van der Waals surface area contributed by atoms with Crippen LogP contribution < -0.4 is 10.6 Å². The average Bonchev–Trinajstić information content (AvgIpc) is 3.41. The Morgan fingerprint density at radius 1 is 0.974 bits per heavy atom. The van der Waals surface area contributed by atoms with Crippen molar-refractivity contribution in [3.63, 3.8) is 0 Å². The number of pyridine rings is 3. The summed E-state index contributed by atoms with van der Waals surface area (Å²) in [5, 5.41) is 7.26. The molecule has 0 fully saturated rings. The Bertz CT molecular complexity index is 1640. The molecule has 3 N–H and O–H groups in total. The highest BCUT2D eigenvalue weighted by atomic mass is 16.1. The van der Waals surface area contributed by atoms with E-state index in [4.69, 9.17) is 9.98 Å². The summed E-state index contributed by atoms with van der Waals surface area (Å²) in [7, 11) is 0. The van der Waals surface area contributed by atoms with E-state index in [1.165, 1.54) is 0 Å². The second-order valence-electron chi connectivity index (χ2n) is 9.15. The van der Waals surface area contributed by atoms with E-state index < -0.39 is 0 Å². The van der Waals surface area contributed by atoms with E-state index in [1.54, 1.807) is 12.4 Å². The number of hydrogen-bond donors (Lipinski definition) is 3. The summed E-state index contributed by atoms with van der Waals surface area (Å²) < 4.78 is 0. The summed E-state index contributed by atoms with van der Waals surface area (Å²) in [5.74, 6) is -0.0570. The van der Waals surface area contributed by atoms with Crippen LogP contribution in [0.2, 0.25) is 0 Å². The van der Waals surface area contributed by atoms with E-state index in [0.29, 0.717) is 18.8 Å². The number of fused-ring (bicyclic) bond motifs is 1. The van der Waals surface area contributed by atoms with Crippen LogP contribution in [-0.4, -0.2) is 44.8 Å². The third-order valence-corrected chi connectivity index (χ3v) is 6.48. The highest BCUT2D eigenvalue weighted by Crippen LogP contribution is 2.30. The zero-order valence-electron chi connectivity index (χ0n) is 22.3. The molecule has 8 nitrogen and oxygen atoms in total. The minimum atomic E-state index is -0.0570. The lowest BCUT2D eigenvalue weighted by atomic mass is 10.00. The van der Waals surface area contributed by atoms with Gasteiger partial charge in [0.05, 0.1) is 35.7 Å². The Hall–Kier alpha value is -4.69. The first-order chi connectivity index (χ1) is 19.1. The summed E-state index contributed by atoms with van der Waals surface area (Å²) in [6.45, 7) is 7.15. The molecule has 0 aliphatic heterocycles. The van der Waals surface area contributed by atoms with Crippen LogP contribution in [-0.2, 0) is 4.79 Å². The quantitative estimate of drug-likeness (QED) is 0.170. The second-order valence-corrected chi connectivity index (χ2v) is 9.15. The zero-order chi connectivity index (χ0) is 27.2. The number of carbonyl (C=O) groups is 1. The molecule has 0 aliphatic carbocycles. The van der Waals surface area contributed by atoms with E-state index in [-0.39, 0.29) is 5.91 Å². The predicted octanol–water partition coefficient (Wildman–Crippen LogP) is 5.75. The number of hydrogen-bond acceptors (Lipinski definition) is 6. The summed E-state index contributed by atoms with van der Waals surface area (Å²) in [4.78, 5) is 34.1. The van der Waals surface area contributed by atoms with E-state index in [2.05, 4.69) is 56.8 Å². The van der Waals surface area contributed by atoms with Crippen LogP contribution in [0.15, 0.2) is 84.4 Å². The molecule has 0 radical (unpaired) electrons. The maximum absolute atomic E-state index is 11.9. The fourth-order valence-corrected chi connectivity index (χ4v) is 4.44. The molecule has 0 saturated carbocycles.